The van der Waals surface area contributed by atoms with Gasteiger partial charge in [-0.1, -0.05) is 23.7 Å². The third-order valence-electron chi connectivity index (χ3n) is 6.15. The molecule has 34 heavy (non-hydrogen) atoms. The molecule has 2 aromatic rings. The molecule has 0 radical (unpaired) electrons. The third-order valence-corrected chi connectivity index (χ3v) is 8.28. The van der Waals surface area contributed by atoms with Gasteiger partial charge < -0.3 is 15.4 Å². The quantitative estimate of drug-likeness (QED) is 0.600. The van der Waals surface area contributed by atoms with E-state index in [4.69, 9.17) is 16.3 Å². The molecule has 2 fully saturated rings. The van der Waals surface area contributed by atoms with E-state index in [0.29, 0.717) is 48.8 Å². The minimum atomic E-state index is -3.74. The summed E-state index contributed by atoms with van der Waals surface area (Å²) < 4.78 is 33.0. The van der Waals surface area contributed by atoms with E-state index in [1.54, 1.807) is 24.3 Å². The molecule has 2 aromatic carbocycles. The zero-order valence-corrected chi connectivity index (χ0v) is 20.3. The van der Waals surface area contributed by atoms with Crippen molar-refractivity contribution < 1.29 is 22.7 Å². The van der Waals surface area contributed by atoms with Gasteiger partial charge in [0.25, 0.3) is 5.91 Å². The van der Waals surface area contributed by atoms with Crippen LogP contribution in [0.5, 0.6) is 0 Å². The number of para-hydroxylation sites is 1. The summed E-state index contributed by atoms with van der Waals surface area (Å²) in [6, 6.07) is 12.8. The number of hydrogen-bond donors (Lipinski definition) is 2. The minimum Gasteiger partial charge on any atom is -0.376 e. The number of benzene rings is 2. The molecule has 4 rings (SSSR count). The number of carbonyl (C=O) groups excluding carboxylic acids is 2. The predicted molar refractivity (Wildman–Crippen MR) is 129 cm³/mol. The molecule has 0 spiro atoms. The molecule has 182 valence electrons. The van der Waals surface area contributed by atoms with Crippen molar-refractivity contribution in [2.24, 2.45) is 5.92 Å². The fourth-order valence-electron chi connectivity index (χ4n) is 4.26. The summed E-state index contributed by atoms with van der Waals surface area (Å²) in [5.41, 5.74) is 0.755. The first-order valence-corrected chi connectivity index (χ1v) is 13.2. The summed E-state index contributed by atoms with van der Waals surface area (Å²) >= 11 is 5.88. The van der Waals surface area contributed by atoms with E-state index in [0.717, 1.165) is 12.8 Å². The standard InChI is InChI=1S/C24H28ClN3O5S/c25-18-9-11-20(12-10-18)34(31,32)28-13-3-5-17(16-28)23(29)27-22-8-2-1-7-21(22)24(30)26-15-19-6-4-14-33-19/h1-2,7-12,17,19H,3-6,13-16H2,(H,26,30)(H,27,29). The van der Waals surface area contributed by atoms with Crippen molar-refractivity contribution in [3.63, 3.8) is 0 Å². The lowest BCUT2D eigenvalue weighted by atomic mass is 9.98. The fourth-order valence-corrected chi connectivity index (χ4v) is 5.91. The Morgan fingerprint density at radius 1 is 1.06 bits per heavy atom. The lowest BCUT2D eigenvalue weighted by Gasteiger charge is -2.31. The topological polar surface area (TPSA) is 105 Å². The van der Waals surface area contributed by atoms with Gasteiger partial charge in [0.2, 0.25) is 15.9 Å². The van der Waals surface area contributed by atoms with E-state index in [9.17, 15) is 18.0 Å². The molecular weight excluding hydrogens is 478 g/mol. The van der Waals surface area contributed by atoms with Crippen molar-refractivity contribution in [1.29, 1.82) is 0 Å². The minimum absolute atomic E-state index is 0.0153. The molecule has 0 aromatic heterocycles. The smallest absolute Gasteiger partial charge is 0.253 e. The molecular formula is C24H28ClN3O5S. The molecule has 2 atom stereocenters. The first kappa shape index (κ1) is 24.7. The van der Waals surface area contributed by atoms with Crippen molar-refractivity contribution in [3.8, 4) is 0 Å². The summed E-state index contributed by atoms with van der Waals surface area (Å²) in [5, 5.41) is 6.16. The molecule has 2 heterocycles. The number of nitrogens with zero attached hydrogens (tertiary/aromatic N) is 1. The number of piperidine rings is 1. The van der Waals surface area contributed by atoms with Gasteiger partial charge in [-0.3, -0.25) is 9.59 Å². The molecule has 10 heteroatoms. The highest BCUT2D eigenvalue weighted by Gasteiger charge is 2.33. The number of rotatable bonds is 7. The Bertz CT molecular complexity index is 1130. The number of anilines is 1. The van der Waals surface area contributed by atoms with Crippen LogP contribution >= 0.6 is 11.6 Å². The van der Waals surface area contributed by atoms with Gasteiger partial charge in [-0.15, -0.1) is 0 Å². The molecule has 2 amide bonds. The number of amides is 2. The molecule has 0 bridgehead atoms. The van der Waals surface area contributed by atoms with Crippen molar-refractivity contribution in [1.82, 2.24) is 9.62 Å². The Balaban J connectivity index is 1.41. The van der Waals surface area contributed by atoms with E-state index in [1.807, 2.05) is 0 Å². The van der Waals surface area contributed by atoms with Crippen LogP contribution in [-0.2, 0) is 19.6 Å². The predicted octanol–water partition coefficient (Wildman–Crippen LogP) is 3.29. The van der Waals surface area contributed by atoms with Crippen molar-refractivity contribution in [3.05, 3.63) is 59.1 Å². The number of hydrogen-bond acceptors (Lipinski definition) is 5. The number of nitrogens with one attached hydrogen (secondary N) is 2. The largest absolute Gasteiger partial charge is 0.376 e. The van der Waals surface area contributed by atoms with Crippen LogP contribution in [0.3, 0.4) is 0 Å². The van der Waals surface area contributed by atoms with Gasteiger partial charge in [0, 0.05) is 31.3 Å². The molecule has 0 aliphatic carbocycles. The Morgan fingerprint density at radius 3 is 2.56 bits per heavy atom. The van der Waals surface area contributed by atoms with Gasteiger partial charge in [-0.2, -0.15) is 4.31 Å². The molecule has 8 nitrogen and oxygen atoms in total. The summed E-state index contributed by atoms with van der Waals surface area (Å²) in [7, 11) is -3.74. The molecule has 2 aliphatic rings. The summed E-state index contributed by atoms with van der Waals surface area (Å²) in [6.07, 6.45) is 3.04. The normalized spacial score (nSPS) is 21.2. The first-order valence-electron chi connectivity index (χ1n) is 11.4. The molecule has 2 N–H and O–H groups in total. The third kappa shape index (κ3) is 5.78. The van der Waals surface area contributed by atoms with Crippen molar-refractivity contribution >= 4 is 39.1 Å². The van der Waals surface area contributed by atoms with E-state index in [1.165, 1.54) is 28.6 Å². The molecule has 2 unspecified atom stereocenters. The Labute approximate surface area is 204 Å². The van der Waals surface area contributed by atoms with E-state index >= 15 is 0 Å². The number of halogens is 1. The summed E-state index contributed by atoms with van der Waals surface area (Å²) in [4.78, 5) is 25.9. The number of sulfonamides is 1. The van der Waals surface area contributed by atoms with Crippen LogP contribution in [0.4, 0.5) is 5.69 Å². The summed E-state index contributed by atoms with van der Waals surface area (Å²) in [6.45, 7) is 1.54. The Morgan fingerprint density at radius 2 is 1.82 bits per heavy atom. The maximum absolute atomic E-state index is 13.1. The molecule has 2 aliphatic heterocycles. The van der Waals surface area contributed by atoms with E-state index in [2.05, 4.69) is 10.6 Å². The lowest BCUT2D eigenvalue weighted by Crippen LogP contribution is -2.43. The number of carbonyl (C=O) groups is 2. The second-order valence-corrected chi connectivity index (χ2v) is 10.9. The van der Waals surface area contributed by atoms with Gasteiger partial charge in [0.05, 0.1) is 28.2 Å². The zero-order valence-electron chi connectivity index (χ0n) is 18.7. The van der Waals surface area contributed by atoms with E-state index in [-0.39, 0.29) is 29.4 Å². The number of ether oxygens (including phenoxy) is 1. The van der Waals surface area contributed by atoms with Gasteiger partial charge in [0.15, 0.2) is 0 Å². The maximum atomic E-state index is 13.1. The first-order chi connectivity index (χ1) is 16.3. The average Bonchev–Trinajstić information content (AvgIpc) is 3.37. The lowest BCUT2D eigenvalue weighted by molar-refractivity contribution is -0.120. The van der Waals surface area contributed by atoms with Crippen LogP contribution in [0, 0.1) is 5.92 Å². The van der Waals surface area contributed by atoms with Crippen LogP contribution in [-0.4, -0.2) is 56.9 Å². The van der Waals surface area contributed by atoms with Crippen molar-refractivity contribution in [2.45, 2.75) is 36.7 Å². The van der Waals surface area contributed by atoms with Crippen molar-refractivity contribution in [2.75, 3.05) is 31.6 Å². The SMILES string of the molecule is O=C(NCC1CCCO1)c1ccccc1NC(=O)C1CCCN(S(=O)(=O)c2ccc(Cl)cc2)C1. The van der Waals surface area contributed by atoms with Crippen LogP contribution in [0.2, 0.25) is 5.02 Å². The fraction of sp³-hybridized carbons (Fsp3) is 0.417. The van der Waals surface area contributed by atoms with Crippen LogP contribution in [0.25, 0.3) is 0 Å². The van der Waals surface area contributed by atoms with Gasteiger partial charge >= 0.3 is 0 Å². The highest BCUT2D eigenvalue weighted by atomic mass is 35.5. The van der Waals surface area contributed by atoms with E-state index < -0.39 is 15.9 Å². The molecule has 0 saturated carbocycles. The maximum Gasteiger partial charge on any atom is 0.253 e. The van der Waals surface area contributed by atoms with Gasteiger partial charge in [-0.25, -0.2) is 8.42 Å². The highest BCUT2D eigenvalue weighted by molar-refractivity contribution is 7.89. The zero-order chi connectivity index (χ0) is 24.1. The van der Waals surface area contributed by atoms with Crippen LogP contribution in [0.15, 0.2) is 53.4 Å². The van der Waals surface area contributed by atoms with Crippen LogP contribution < -0.4 is 10.6 Å². The Hall–Kier alpha value is -2.46. The monoisotopic (exact) mass is 505 g/mol. The average molecular weight is 506 g/mol. The Kier molecular flexibility index (Phi) is 7.88. The highest BCUT2D eigenvalue weighted by Crippen LogP contribution is 2.26. The summed E-state index contributed by atoms with van der Waals surface area (Å²) in [5.74, 6) is -1.13. The molecule has 2 saturated heterocycles. The van der Waals surface area contributed by atoms with Crippen LogP contribution in [0.1, 0.15) is 36.0 Å². The second kappa shape index (κ2) is 10.9. The van der Waals surface area contributed by atoms with Gasteiger partial charge in [-0.05, 0) is 62.1 Å². The van der Waals surface area contributed by atoms with Gasteiger partial charge in [0.1, 0.15) is 0 Å². The second-order valence-electron chi connectivity index (χ2n) is 8.54.